The van der Waals surface area contributed by atoms with Gasteiger partial charge in [-0.2, -0.15) is 4.98 Å². The smallest absolute Gasteiger partial charge is 0.245 e. The molecule has 0 spiro atoms. The van der Waals surface area contributed by atoms with Gasteiger partial charge in [0, 0.05) is 16.5 Å². The highest BCUT2D eigenvalue weighted by molar-refractivity contribution is 5.93. The molecule has 0 amide bonds. The Morgan fingerprint density at radius 3 is 1.69 bits per heavy atom. The Morgan fingerprint density at radius 2 is 1.00 bits per heavy atom. The zero-order chi connectivity index (χ0) is 26.2. The molecule has 0 saturated carbocycles. The van der Waals surface area contributed by atoms with E-state index in [0.717, 1.165) is 44.3 Å². The van der Waals surface area contributed by atoms with Gasteiger partial charge in [-0.25, -0.2) is 19.2 Å². The van der Waals surface area contributed by atoms with Crippen molar-refractivity contribution in [3.8, 4) is 45.0 Å². The summed E-state index contributed by atoms with van der Waals surface area (Å²) in [5, 5.41) is 0.792. The molecule has 5 heteroatoms. The van der Waals surface area contributed by atoms with Gasteiger partial charge in [0.25, 0.3) is 0 Å². The molecule has 0 bridgehead atoms. The van der Waals surface area contributed by atoms with Gasteiger partial charge in [0.1, 0.15) is 0 Å². The first kappa shape index (κ1) is 22.8. The lowest BCUT2D eigenvalue weighted by Crippen LogP contribution is -2.22. The normalized spacial score (nSPS) is 11.2. The van der Waals surface area contributed by atoms with Crippen molar-refractivity contribution < 1.29 is 0 Å². The highest BCUT2D eigenvalue weighted by Gasteiger charge is 2.16. The molecule has 39 heavy (non-hydrogen) atoms. The molecule has 184 valence electrons. The molecule has 0 aliphatic heterocycles. The summed E-state index contributed by atoms with van der Waals surface area (Å²) in [6.07, 6.45) is 0. The van der Waals surface area contributed by atoms with Crippen molar-refractivity contribution in [2.45, 2.75) is 0 Å². The number of rotatable bonds is 4. The number of hydrogen-bond acceptors (Lipinski definition) is 4. The molecule has 0 aliphatic rings. The van der Waals surface area contributed by atoms with Crippen LogP contribution >= 0.6 is 0 Å². The molecule has 7 aromatic rings. The van der Waals surface area contributed by atoms with Gasteiger partial charge in [-0.15, -0.1) is 0 Å². The minimum absolute atomic E-state index is 0.387. The zero-order valence-corrected chi connectivity index (χ0v) is 20.9. The second kappa shape index (κ2) is 9.47. The maximum Gasteiger partial charge on any atom is 0.357 e. The Bertz CT molecular complexity index is 2030. The summed E-state index contributed by atoms with van der Waals surface area (Å²) in [7, 11) is 0. The predicted molar refractivity (Wildman–Crippen MR) is 156 cm³/mol. The van der Waals surface area contributed by atoms with Crippen LogP contribution in [0.5, 0.6) is 0 Å². The van der Waals surface area contributed by atoms with Gasteiger partial charge in [-0.05, 0) is 46.5 Å². The van der Waals surface area contributed by atoms with Crippen LogP contribution < -0.4 is 5.69 Å². The lowest BCUT2D eigenvalue weighted by atomic mass is 10.0. The summed E-state index contributed by atoms with van der Waals surface area (Å²) in [5.41, 5.74) is 6.73. The Balaban J connectivity index is 1.45. The van der Waals surface area contributed by atoms with Crippen molar-refractivity contribution in [3.63, 3.8) is 0 Å². The number of para-hydroxylation sites is 1. The summed E-state index contributed by atoms with van der Waals surface area (Å²) in [4.78, 5) is 28.0. The van der Waals surface area contributed by atoms with Gasteiger partial charge in [0.05, 0.1) is 5.52 Å². The van der Waals surface area contributed by atoms with E-state index >= 15 is 0 Å². The first-order valence-electron chi connectivity index (χ1n) is 12.8. The van der Waals surface area contributed by atoms with E-state index in [1.807, 2.05) is 97.1 Å². The molecule has 5 aromatic carbocycles. The highest BCUT2D eigenvalue weighted by Crippen LogP contribution is 2.29. The fraction of sp³-hybridized carbons (Fsp3) is 0. The summed E-state index contributed by atoms with van der Waals surface area (Å²) >= 11 is 0. The molecule has 0 fully saturated rings. The molecule has 0 aliphatic carbocycles. The van der Waals surface area contributed by atoms with Crippen molar-refractivity contribution in [1.29, 1.82) is 0 Å². The van der Waals surface area contributed by atoms with Gasteiger partial charge >= 0.3 is 5.69 Å². The van der Waals surface area contributed by atoms with E-state index < -0.39 is 5.69 Å². The molecule has 0 radical (unpaired) electrons. The Labute approximate surface area is 224 Å². The highest BCUT2D eigenvalue weighted by atomic mass is 16.1. The van der Waals surface area contributed by atoms with E-state index in [1.54, 1.807) is 0 Å². The van der Waals surface area contributed by atoms with Crippen LogP contribution in [0.3, 0.4) is 0 Å². The van der Waals surface area contributed by atoms with E-state index in [-0.39, 0.29) is 0 Å². The first-order valence-corrected chi connectivity index (χ1v) is 12.8. The van der Waals surface area contributed by atoms with E-state index in [2.05, 4.69) is 41.4 Å². The minimum Gasteiger partial charge on any atom is -0.245 e. The molecular weight excluding hydrogens is 480 g/mol. The lowest BCUT2D eigenvalue weighted by Gasteiger charge is -2.13. The molecule has 0 unspecified atom stereocenters. The van der Waals surface area contributed by atoms with Crippen molar-refractivity contribution in [3.05, 3.63) is 144 Å². The number of fused-ring (bicyclic) bond motifs is 3. The third-order valence-corrected chi connectivity index (χ3v) is 6.86. The molecule has 0 atom stereocenters. The van der Waals surface area contributed by atoms with Crippen LogP contribution in [0, 0.1) is 0 Å². The van der Waals surface area contributed by atoms with E-state index in [9.17, 15) is 4.79 Å². The lowest BCUT2D eigenvalue weighted by molar-refractivity contribution is 0.939. The number of nitrogens with zero attached hydrogens (tertiary/aromatic N) is 4. The molecular formula is C34H22N4O. The fourth-order valence-electron chi connectivity index (χ4n) is 4.96. The van der Waals surface area contributed by atoms with Gasteiger partial charge in [0.15, 0.2) is 17.3 Å². The number of aromatic nitrogens is 4. The average Bonchev–Trinajstić information content (AvgIpc) is 3.01. The van der Waals surface area contributed by atoms with Crippen molar-refractivity contribution in [2.75, 3.05) is 0 Å². The number of hydrogen-bond donors (Lipinski definition) is 0. The van der Waals surface area contributed by atoms with Crippen LogP contribution in [0.25, 0.3) is 61.6 Å². The monoisotopic (exact) mass is 502 g/mol. The van der Waals surface area contributed by atoms with Crippen LogP contribution in [0.2, 0.25) is 0 Å². The second-order valence-electron chi connectivity index (χ2n) is 9.34. The maximum absolute atomic E-state index is 13.7. The second-order valence-corrected chi connectivity index (χ2v) is 9.34. The summed E-state index contributed by atoms with van der Waals surface area (Å²) < 4.78 is 1.52. The summed E-state index contributed by atoms with van der Waals surface area (Å²) in [5.74, 6) is 0.897. The van der Waals surface area contributed by atoms with E-state index in [1.165, 1.54) is 4.40 Å². The van der Waals surface area contributed by atoms with E-state index in [4.69, 9.17) is 9.97 Å². The SMILES string of the molecule is O=c1nc(-c2cccc(-c3ccccc3)c2)nc2c3ccccc3nc(-c3cccc(-c4ccccc4)c3)n12. The molecule has 2 aromatic heterocycles. The Hall–Kier alpha value is -5.42. The van der Waals surface area contributed by atoms with Crippen LogP contribution in [0.4, 0.5) is 0 Å². The topological polar surface area (TPSA) is 60.2 Å². The van der Waals surface area contributed by atoms with Gasteiger partial charge in [-0.1, -0.05) is 109 Å². The minimum atomic E-state index is -0.418. The van der Waals surface area contributed by atoms with Gasteiger partial charge in [0.2, 0.25) is 0 Å². The molecule has 2 heterocycles. The van der Waals surface area contributed by atoms with Crippen LogP contribution in [-0.4, -0.2) is 19.4 Å². The van der Waals surface area contributed by atoms with Crippen LogP contribution in [0.1, 0.15) is 0 Å². The predicted octanol–water partition coefficient (Wildman–Crippen LogP) is 7.31. The quantitative estimate of drug-likeness (QED) is 0.237. The number of benzene rings is 5. The third kappa shape index (κ3) is 4.16. The maximum atomic E-state index is 13.7. The molecule has 0 N–H and O–H groups in total. The molecule has 0 saturated heterocycles. The fourth-order valence-corrected chi connectivity index (χ4v) is 4.96. The molecule has 7 rings (SSSR count). The van der Waals surface area contributed by atoms with Crippen molar-refractivity contribution in [2.24, 2.45) is 0 Å². The largest absolute Gasteiger partial charge is 0.357 e. The molecule has 5 nitrogen and oxygen atoms in total. The zero-order valence-electron chi connectivity index (χ0n) is 20.9. The first-order chi connectivity index (χ1) is 19.2. The van der Waals surface area contributed by atoms with Crippen molar-refractivity contribution in [1.82, 2.24) is 19.4 Å². The van der Waals surface area contributed by atoms with Crippen LogP contribution in [-0.2, 0) is 0 Å². The third-order valence-electron chi connectivity index (χ3n) is 6.86. The Kier molecular flexibility index (Phi) is 5.52. The van der Waals surface area contributed by atoms with E-state index in [0.29, 0.717) is 17.3 Å². The summed E-state index contributed by atoms with van der Waals surface area (Å²) in [6.45, 7) is 0. The Morgan fingerprint density at radius 1 is 0.462 bits per heavy atom. The standard InChI is InChI=1S/C34H22N4O/c39-34-37-31(27-17-9-15-25(21-27)23-11-3-1-4-12-23)36-33-29-19-7-8-20-30(29)35-32(38(33)34)28-18-10-16-26(22-28)24-13-5-2-6-14-24/h1-22H. The van der Waals surface area contributed by atoms with Crippen LogP contribution in [0.15, 0.2) is 138 Å². The average molecular weight is 503 g/mol. The summed E-state index contributed by atoms with van der Waals surface area (Å²) in [6, 6.07) is 44.1. The van der Waals surface area contributed by atoms with Gasteiger partial charge in [-0.3, -0.25) is 0 Å². The van der Waals surface area contributed by atoms with Crippen molar-refractivity contribution >= 4 is 16.6 Å². The van der Waals surface area contributed by atoms with Gasteiger partial charge < -0.3 is 0 Å².